The van der Waals surface area contributed by atoms with E-state index in [-0.39, 0.29) is 22.0 Å². The Hall–Kier alpha value is -1.87. The molecule has 0 aliphatic rings. The first-order valence-corrected chi connectivity index (χ1v) is 7.33. The summed E-state index contributed by atoms with van der Waals surface area (Å²) in [5, 5.41) is 9.05. The van der Waals surface area contributed by atoms with Gasteiger partial charge in [0.05, 0.1) is 22.6 Å². The van der Waals surface area contributed by atoms with Gasteiger partial charge in [0.2, 0.25) is 10.0 Å². The minimum absolute atomic E-state index is 0.111. The van der Waals surface area contributed by atoms with Gasteiger partial charge in [0.15, 0.2) is 0 Å². The van der Waals surface area contributed by atoms with Crippen molar-refractivity contribution in [1.29, 1.82) is 0 Å². The predicted octanol–water partition coefficient (Wildman–Crippen LogP) is 2.16. The lowest BCUT2D eigenvalue weighted by atomic mass is 10.2. The molecule has 114 valence electrons. The lowest BCUT2D eigenvalue weighted by Crippen LogP contribution is -2.14. The summed E-state index contributed by atoms with van der Waals surface area (Å²) in [5.41, 5.74) is -0.438. The SMILES string of the molecule is Cc1nn(-c2cccc(C(F)(F)F)c2)c(C)c1S(N)(=O)=O. The molecule has 0 amide bonds. The van der Waals surface area contributed by atoms with Crippen LogP contribution in [0.3, 0.4) is 0 Å². The Morgan fingerprint density at radius 2 is 1.86 bits per heavy atom. The third kappa shape index (κ3) is 2.93. The zero-order chi connectivity index (χ0) is 16.0. The van der Waals surface area contributed by atoms with Crippen LogP contribution in [0.2, 0.25) is 0 Å². The fourth-order valence-electron chi connectivity index (χ4n) is 2.11. The van der Waals surface area contributed by atoms with Gasteiger partial charge in [-0.3, -0.25) is 0 Å². The van der Waals surface area contributed by atoms with E-state index in [4.69, 9.17) is 5.14 Å². The summed E-state index contributed by atoms with van der Waals surface area (Å²) >= 11 is 0. The maximum absolute atomic E-state index is 12.7. The predicted molar refractivity (Wildman–Crippen MR) is 69.4 cm³/mol. The number of hydrogen-bond donors (Lipinski definition) is 1. The number of sulfonamides is 1. The highest BCUT2D eigenvalue weighted by Crippen LogP contribution is 2.31. The van der Waals surface area contributed by atoms with Gasteiger partial charge in [-0.2, -0.15) is 18.3 Å². The number of aryl methyl sites for hydroxylation is 1. The Morgan fingerprint density at radius 1 is 1.24 bits per heavy atom. The maximum Gasteiger partial charge on any atom is 0.416 e. The van der Waals surface area contributed by atoms with Crippen LogP contribution in [-0.2, 0) is 16.2 Å². The Morgan fingerprint density at radius 3 is 2.33 bits per heavy atom. The van der Waals surface area contributed by atoms with Crippen molar-refractivity contribution in [2.24, 2.45) is 5.14 Å². The van der Waals surface area contributed by atoms with Crippen LogP contribution in [0.4, 0.5) is 13.2 Å². The van der Waals surface area contributed by atoms with Crippen molar-refractivity contribution in [2.45, 2.75) is 24.9 Å². The van der Waals surface area contributed by atoms with E-state index in [1.807, 2.05) is 0 Å². The monoisotopic (exact) mass is 319 g/mol. The molecular formula is C12H12F3N3O2S. The second-order valence-electron chi connectivity index (χ2n) is 4.50. The normalized spacial score (nSPS) is 12.7. The molecule has 2 rings (SSSR count). The van der Waals surface area contributed by atoms with Crippen molar-refractivity contribution in [2.75, 3.05) is 0 Å². The molecule has 0 unspecified atom stereocenters. The van der Waals surface area contributed by atoms with Crippen molar-refractivity contribution in [3.05, 3.63) is 41.2 Å². The number of nitrogens with two attached hydrogens (primary N) is 1. The largest absolute Gasteiger partial charge is 0.416 e. The van der Waals surface area contributed by atoms with E-state index < -0.39 is 21.8 Å². The molecule has 0 atom stereocenters. The fraction of sp³-hybridized carbons (Fsp3) is 0.250. The minimum atomic E-state index is -4.49. The second-order valence-corrected chi connectivity index (χ2v) is 6.00. The summed E-state index contributed by atoms with van der Waals surface area (Å²) in [6.45, 7) is 2.86. The van der Waals surface area contributed by atoms with Gasteiger partial charge >= 0.3 is 6.18 Å². The summed E-state index contributed by atoms with van der Waals surface area (Å²) in [4.78, 5) is -0.181. The first-order valence-electron chi connectivity index (χ1n) is 5.78. The van der Waals surface area contributed by atoms with E-state index >= 15 is 0 Å². The molecular weight excluding hydrogens is 307 g/mol. The van der Waals surface area contributed by atoms with Crippen LogP contribution in [0.25, 0.3) is 5.69 Å². The summed E-state index contributed by atoms with van der Waals surface area (Å²) in [6, 6.07) is 4.45. The van der Waals surface area contributed by atoms with Crippen LogP contribution in [-0.4, -0.2) is 18.2 Å². The molecule has 0 saturated carbocycles. The van der Waals surface area contributed by atoms with Crippen molar-refractivity contribution < 1.29 is 21.6 Å². The van der Waals surface area contributed by atoms with Gasteiger partial charge in [0, 0.05) is 0 Å². The average molecular weight is 319 g/mol. The molecule has 0 aliphatic heterocycles. The van der Waals surface area contributed by atoms with E-state index in [1.54, 1.807) is 0 Å². The smallest absolute Gasteiger partial charge is 0.236 e. The van der Waals surface area contributed by atoms with Gasteiger partial charge in [0.25, 0.3) is 0 Å². The standard InChI is InChI=1S/C12H12F3N3O2S/c1-7-11(21(16,19)20)8(2)18(17-7)10-5-3-4-9(6-10)12(13,14)15/h3-6H,1-2H3,(H2,16,19,20). The number of benzene rings is 1. The number of halogens is 3. The fourth-order valence-corrected chi connectivity index (χ4v) is 3.06. The summed E-state index contributed by atoms with van der Waals surface area (Å²) in [7, 11) is -4.00. The van der Waals surface area contributed by atoms with Gasteiger partial charge < -0.3 is 0 Å². The van der Waals surface area contributed by atoms with Gasteiger partial charge in [-0.15, -0.1) is 0 Å². The van der Waals surface area contributed by atoms with Crippen molar-refractivity contribution in [3.8, 4) is 5.69 Å². The number of rotatable bonds is 2. The van der Waals surface area contributed by atoms with E-state index in [9.17, 15) is 21.6 Å². The van der Waals surface area contributed by atoms with Gasteiger partial charge in [0.1, 0.15) is 4.90 Å². The molecule has 1 heterocycles. The number of aromatic nitrogens is 2. The molecule has 1 aromatic carbocycles. The van der Waals surface area contributed by atoms with Crippen LogP contribution < -0.4 is 5.14 Å². The molecule has 2 N–H and O–H groups in total. The number of primary sulfonamides is 1. The third-order valence-electron chi connectivity index (χ3n) is 2.93. The Bertz CT molecular complexity index is 795. The molecule has 5 nitrogen and oxygen atoms in total. The lowest BCUT2D eigenvalue weighted by Gasteiger charge is -2.10. The average Bonchev–Trinajstić information content (AvgIpc) is 2.63. The summed E-state index contributed by atoms with van der Waals surface area (Å²) in [5.74, 6) is 0. The molecule has 1 aromatic heterocycles. The van der Waals surface area contributed by atoms with Crippen molar-refractivity contribution in [1.82, 2.24) is 9.78 Å². The highest BCUT2D eigenvalue weighted by molar-refractivity contribution is 7.89. The van der Waals surface area contributed by atoms with Crippen LogP contribution in [0.5, 0.6) is 0 Å². The first kappa shape index (κ1) is 15.5. The van der Waals surface area contributed by atoms with Crippen LogP contribution >= 0.6 is 0 Å². The Balaban J connectivity index is 2.65. The van der Waals surface area contributed by atoms with Crippen molar-refractivity contribution in [3.63, 3.8) is 0 Å². The molecule has 2 aromatic rings. The molecule has 0 spiro atoms. The number of hydrogen-bond acceptors (Lipinski definition) is 3. The highest BCUT2D eigenvalue weighted by Gasteiger charge is 2.31. The molecule has 0 bridgehead atoms. The van der Waals surface area contributed by atoms with E-state index in [2.05, 4.69) is 5.10 Å². The zero-order valence-electron chi connectivity index (χ0n) is 11.1. The van der Waals surface area contributed by atoms with Crippen LogP contribution in [0.15, 0.2) is 29.2 Å². The molecule has 0 saturated heterocycles. The maximum atomic E-state index is 12.7. The summed E-state index contributed by atoms with van der Waals surface area (Å²) < 4.78 is 62.2. The lowest BCUT2D eigenvalue weighted by molar-refractivity contribution is -0.137. The summed E-state index contributed by atoms with van der Waals surface area (Å²) in [6.07, 6.45) is -4.49. The van der Waals surface area contributed by atoms with E-state index in [0.717, 1.165) is 16.8 Å². The van der Waals surface area contributed by atoms with E-state index in [1.165, 1.54) is 26.0 Å². The van der Waals surface area contributed by atoms with Crippen LogP contribution in [0, 0.1) is 13.8 Å². The zero-order valence-corrected chi connectivity index (χ0v) is 12.0. The topological polar surface area (TPSA) is 78.0 Å². The number of alkyl halides is 3. The van der Waals surface area contributed by atoms with Crippen molar-refractivity contribution >= 4 is 10.0 Å². The second kappa shape index (κ2) is 4.85. The number of nitrogens with zero attached hydrogens (tertiary/aromatic N) is 2. The van der Waals surface area contributed by atoms with Gasteiger partial charge in [-0.25, -0.2) is 18.2 Å². The molecule has 9 heteroatoms. The van der Waals surface area contributed by atoms with E-state index in [0.29, 0.717) is 0 Å². The quantitative estimate of drug-likeness (QED) is 0.921. The Labute approximate surface area is 119 Å². The van der Waals surface area contributed by atoms with Gasteiger partial charge in [-0.05, 0) is 32.0 Å². The minimum Gasteiger partial charge on any atom is -0.236 e. The highest BCUT2D eigenvalue weighted by atomic mass is 32.2. The Kier molecular flexibility index (Phi) is 3.58. The molecule has 21 heavy (non-hydrogen) atoms. The van der Waals surface area contributed by atoms with Crippen LogP contribution in [0.1, 0.15) is 17.0 Å². The van der Waals surface area contributed by atoms with Gasteiger partial charge in [-0.1, -0.05) is 6.07 Å². The molecule has 0 aliphatic carbocycles. The molecule has 0 radical (unpaired) electrons. The third-order valence-corrected chi connectivity index (χ3v) is 4.09. The molecule has 0 fully saturated rings. The first-order chi connectivity index (χ1) is 9.51.